The summed E-state index contributed by atoms with van der Waals surface area (Å²) in [5.74, 6) is -0.0883. The number of rotatable bonds is 2. The van der Waals surface area contributed by atoms with Gasteiger partial charge in [0.1, 0.15) is 5.75 Å². The van der Waals surface area contributed by atoms with E-state index >= 15 is 0 Å². The molecule has 0 atom stereocenters. The van der Waals surface area contributed by atoms with E-state index in [2.05, 4.69) is 0 Å². The zero-order valence-electron chi connectivity index (χ0n) is 7.15. The molecule has 0 aliphatic carbocycles. The number of hydrogen-bond acceptors (Lipinski definition) is 4. The second kappa shape index (κ2) is 3.40. The zero-order valence-corrected chi connectivity index (χ0v) is 7.15. The third kappa shape index (κ3) is 1.75. The SMILES string of the molecule is Cc1c(O)cc(CN)cc1[N+](=O)[O-]. The van der Waals surface area contributed by atoms with Crippen molar-refractivity contribution >= 4 is 5.69 Å². The first-order valence-corrected chi connectivity index (χ1v) is 3.73. The molecule has 5 heteroatoms. The summed E-state index contributed by atoms with van der Waals surface area (Å²) >= 11 is 0. The molecule has 0 saturated heterocycles. The lowest BCUT2D eigenvalue weighted by atomic mass is 10.1. The van der Waals surface area contributed by atoms with Crippen molar-refractivity contribution < 1.29 is 10.0 Å². The molecule has 13 heavy (non-hydrogen) atoms. The molecule has 0 unspecified atom stereocenters. The smallest absolute Gasteiger partial charge is 0.276 e. The number of hydrogen-bond donors (Lipinski definition) is 2. The third-order valence-corrected chi connectivity index (χ3v) is 1.85. The van der Waals surface area contributed by atoms with Crippen molar-refractivity contribution in [3.8, 4) is 5.75 Å². The van der Waals surface area contributed by atoms with Gasteiger partial charge in [-0.2, -0.15) is 0 Å². The van der Waals surface area contributed by atoms with E-state index in [1.54, 1.807) is 0 Å². The summed E-state index contributed by atoms with van der Waals surface area (Å²) in [6.45, 7) is 1.67. The molecule has 0 bridgehead atoms. The molecular weight excluding hydrogens is 172 g/mol. The molecule has 1 rings (SSSR count). The predicted octanol–water partition coefficient (Wildman–Crippen LogP) is 1.07. The van der Waals surface area contributed by atoms with Crippen LogP contribution in [0.1, 0.15) is 11.1 Å². The van der Waals surface area contributed by atoms with Gasteiger partial charge in [-0.1, -0.05) is 0 Å². The van der Waals surface area contributed by atoms with Crippen LogP contribution in [0.2, 0.25) is 0 Å². The van der Waals surface area contributed by atoms with Gasteiger partial charge in [-0.3, -0.25) is 10.1 Å². The topological polar surface area (TPSA) is 89.4 Å². The standard InChI is InChI=1S/C8H10N2O3/c1-5-7(10(12)13)2-6(4-9)3-8(5)11/h2-3,11H,4,9H2,1H3. The van der Waals surface area contributed by atoms with Gasteiger partial charge in [0.2, 0.25) is 0 Å². The van der Waals surface area contributed by atoms with Crippen LogP contribution in [0.5, 0.6) is 5.75 Å². The Morgan fingerprint density at radius 1 is 1.62 bits per heavy atom. The molecule has 0 saturated carbocycles. The second-order valence-corrected chi connectivity index (χ2v) is 2.72. The molecule has 3 N–H and O–H groups in total. The number of nitro groups is 1. The largest absolute Gasteiger partial charge is 0.507 e. The molecule has 0 spiro atoms. The van der Waals surface area contributed by atoms with Crippen LogP contribution in [0.3, 0.4) is 0 Å². The van der Waals surface area contributed by atoms with Gasteiger partial charge in [0.15, 0.2) is 0 Å². The predicted molar refractivity (Wildman–Crippen MR) is 47.4 cm³/mol. The van der Waals surface area contributed by atoms with E-state index in [4.69, 9.17) is 5.73 Å². The maximum Gasteiger partial charge on any atom is 0.276 e. The fourth-order valence-corrected chi connectivity index (χ4v) is 1.05. The van der Waals surface area contributed by atoms with Gasteiger partial charge >= 0.3 is 0 Å². The molecule has 0 aliphatic rings. The summed E-state index contributed by atoms with van der Waals surface area (Å²) in [5.41, 5.74) is 6.02. The van der Waals surface area contributed by atoms with Gasteiger partial charge < -0.3 is 10.8 Å². The highest BCUT2D eigenvalue weighted by Crippen LogP contribution is 2.27. The Morgan fingerprint density at radius 3 is 2.69 bits per heavy atom. The Bertz CT molecular complexity index is 349. The molecular formula is C8H10N2O3. The summed E-state index contributed by atoms with van der Waals surface area (Å²) < 4.78 is 0. The number of benzene rings is 1. The molecule has 1 aromatic rings. The van der Waals surface area contributed by atoms with E-state index in [-0.39, 0.29) is 23.5 Å². The van der Waals surface area contributed by atoms with Crippen molar-refractivity contribution in [2.24, 2.45) is 5.73 Å². The van der Waals surface area contributed by atoms with Gasteiger partial charge in [0, 0.05) is 12.6 Å². The van der Waals surface area contributed by atoms with Crippen molar-refractivity contribution in [2.45, 2.75) is 13.5 Å². The van der Waals surface area contributed by atoms with Gasteiger partial charge in [-0.15, -0.1) is 0 Å². The first-order chi connectivity index (χ1) is 6.06. The monoisotopic (exact) mass is 182 g/mol. The normalized spacial score (nSPS) is 10.0. The first-order valence-electron chi connectivity index (χ1n) is 3.73. The number of nitrogens with two attached hydrogens (primary N) is 1. The quantitative estimate of drug-likeness (QED) is 0.528. The van der Waals surface area contributed by atoms with Gasteiger partial charge in [0.05, 0.1) is 10.5 Å². The second-order valence-electron chi connectivity index (χ2n) is 2.72. The van der Waals surface area contributed by atoms with E-state index < -0.39 is 4.92 Å². The molecule has 0 aromatic heterocycles. The average molecular weight is 182 g/mol. The molecule has 0 heterocycles. The Labute approximate surface area is 74.9 Å². The number of nitrogens with zero attached hydrogens (tertiary/aromatic N) is 1. The van der Waals surface area contributed by atoms with Crippen LogP contribution in [0.15, 0.2) is 12.1 Å². The molecule has 1 aromatic carbocycles. The van der Waals surface area contributed by atoms with Crippen molar-refractivity contribution in [1.82, 2.24) is 0 Å². The Hall–Kier alpha value is -1.62. The maximum absolute atomic E-state index is 10.5. The minimum atomic E-state index is -0.534. The van der Waals surface area contributed by atoms with E-state index in [1.165, 1.54) is 19.1 Å². The summed E-state index contributed by atoms with van der Waals surface area (Å²) in [6, 6.07) is 2.80. The molecule has 0 fully saturated rings. The van der Waals surface area contributed by atoms with Crippen LogP contribution >= 0.6 is 0 Å². The molecule has 70 valence electrons. The summed E-state index contributed by atoms with van der Waals surface area (Å²) in [5, 5.41) is 19.8. The van der Waals surface area contributed by atoms with E-state index in [9.17, 15) is 15.2 Å². The van der Waals surface area contributed by atoms with Gasteiger partial charge in [0.25, 0.3) is 5.69 Å². The van der Waals surface area contributed by atoms with Crippen LogP contribution < -0.4 is 5.73 Å². The number of phenolic OH excluding ortho intramolecular Hbond substituents is 1. The Kier molecular flexibility index (Phi) is 2.48. The van der Waals surface area contributed by atoms with Crippen LogP contribution in [-0.2, 0) is 6.54 Å². The lowest BCUT2D eigenvalue weighted by molar-refractivity contribution is -0.385. The number of phenols is 1. The van der Waals surface area contributed by atoms with Crippen LogP contribution in [0.25, 0.3) is 0 Å². The Morgan fingerprint density at radius 2 is 2.23 bits per heavy atom. The van der Waals surface area contributed by atoms with E-state index in [0.717, 1.165) is 0 Å². The fraction of sp³-hybridized carbons (Fsp3) is 0.250. The summed E-state index contributed by atoms with van der Waals surface area (Å²) in [6.07, 6.45) is 0. The fourth-order valence-electron chi connectivity index (χ4n) is 1.05. The van der Waals surface area contributed by atoms with Gasteiger partial charge in [-0.25, -0.2) is 0 Å². The van der Waals surface area contributed by atoms with E-state index in [1.807, 2.05) is 0 Å². The van der Waals surface area contributed by atoms with Crippen LogP contribution in [-0.4, -0.2) is 10.0 Å². The van der Waals surface area contributed by atoms with Gasteiger partial charge in [-0.05, 0) is 18.6 Å². The lowest BCUT2D eigenvalue weighted by Crippen LogP contribution is -1.99. The van der Waals surface area contributed by atoms with E-state index in [0.29, 0.717) is 5.56 Å². The van der Waals surface area contributed by atoms with Crippen molar-refractivity contribution in [3.05, 3.63) is 33.4 Å². The molecule has 0 radical (unpaired) electrons. The van der Waals surface area contributed by atoms with Crippen molar-refractivity contribution in [3.63, 3.8) is 0 Å². The molecule has 0 amide bonds. The summed E-state index contributed by atoms with van der Waals surface area (Å²) in [4.78, 5) is 9.96. The first kappa shape index (κ1) is 9.47. The van der Waals surface area contributed by atoms with Crippen molar-refractivity contribution in [1.29, 1.82) is 0 Å². The number of aromatic hydroxyl groups is 1. The third-order valence-electron chi connectivity index (χ3n) is 1.85. The highest BCUT2D eigenvalue weighted by Gasteiger charge is 2.14. The van der Waals surface area contributed by atoms with Crippen LogP contribution in [0, 0.1) is 17.0 Å². The highest BCUT2D eigenvalue weighted by molar-refractivity contribution is 5.50. The Balaban J connectivity index is 3.33. The number of nitro benzene ring substituents is 1. The van der Waals surface area contributed by atoms with Crippen molar-refractivity contribution in [2.75, 3.05) is 0 Å². The molecule has 5 nitrogen and oxygen atoms in total. The summed E-state index contributed by atoms with van der Waals surface area (Å²) in [7, 11) is 0. The average Bonchev–Trinajstić information content (AvgIpc) is 2.09. The lowest BCUT2D eigenvalue weighted by Gasteiger charge is -2.02. The highest BCUT2D eigenvalue weighted by atomic mass is 16.6. The maximum atomic E-state index is 10.5. The van der Waals surface area contributed by atoms with Crippen LogP contribution in [0.4, 0.5) is 5.69 Å². The minimum absolute atomic E-state index is 0.0883. The zero-order chi connectivity index (χ0) is 10.0. The minimum Gasteiger partial charge on any atom is -0.507 e. The molecule has 0 aliphatic heterocycles.